The van der Waals surface area contributed by atoms with Gasteiger partial charge in [0.15, 0.2) is 0 Å². The van der Waals surface area contributed by atoms with Crippen LogP contribution in [0.2, 0.25) is 0 Å². The molecule has 0 spiro atoms. The highest BCUT2D eigenvalue weighted by Gasteiger charge is 2.49. The van der Waals surface area contributed by atoms with Crippen molar-refractivity contribution in [2.45, 2.75) is 96.1 Å². The lowest BCUT2D eigenvalue weighted by Crippen LogP contribution is -2.54. The topological polar surface area (TPSA) is 40.5 Å². The zero-order valence-electron chi connectivity index (χ0n) is 13.9. The van der Waals surface area contributed by atoms with E-state index in [0.29, 0.717) is 6.04 Å². The van der Waals surface area contributed by atoms with Gasteiger partial charge in [0, 0.05) is 6.04 Å². The molecular formula is C18H33NO2. The molecule has 2 aliphatic rings. The number of carbonyl (C=O) groups is 1. The molecule has 1 aliphatic carbocycles. The first-order valence-corrected chi connectivity index (χ1v) is 9.14. The van der Waals surface area contributed by atoms with E-state index in [2.05, 4.69) is 18.7 Å². The maximum atomic E-state index is 12.0. The molecule has 0 aromatic heterocycles. The average molecular weight is 295 g/mol. The zero-order chi connectivity index (χ0) is 15.3. The van der Waals surface area contributed by atoms with E-state index in [9.17, 15) is 9.90 Å². The van der Waals surface area contributed by atoms with E-state index < -0.39 is 11.5 Å². The summed E-state index contributed by atoms with van der Waals surface area (Å²) in [6, 6.07) is 0.511. The van der Waals surface area contributed by atoms with E-state index in [-0.39, 0.29) is 0 Å². The highest BCUT2D eigenvalue weighted by molar-refractivity contribution is 5.79. The molecule has 0 amide bonds. The Kier molecular flexibility index (Phi) is 6.09. The normalized spacial score (nSPS) is 34.8. The second kappa shape index (κ2) is 7.62. The highest BCUT2D eigenvalue weighted by Crippen LogP contribution is 2.40. The number of rotatable bonds is 6. The molecule has 3 unspecified atom stereocenters. The molecule has 1 heterocycles. The van der Waals surface area contributed by atoms with Gasteiger partial charge in [0.05, 0.1) is 0 Å². The van der Waals surface area contributed by atoms with Crippen molar-refractivity contribution < 1.29 is 9.90 Å². The third-order valence-corrected chi connectivity index (χ3v) is 5.80. The lowest BCUT2D eigenvalue weighted by atomic mass is 9.88. The SMILES string of the molecule is CCCC1CCCC(N2CCCC2(CCC)C(=O)O)CC1. The Bertz CT molecular complexity index is 344. The average Bonchev–Trinajstić information content (AvgIpc) is 2.74. The number of carboxylic acid groups (broad SMARTS) is 1. The molecule has 1 saturated heterocycles. The standard InChI is InChI=1S/C18H33NO2/c1-3-7-15-8-5-9-16(11-10-15)19-14-6-13-18(19,12-4-2)17(20)21/h15-16H,3-14H2,1-2H3,(H,20,21). The minimum atomic E-state index is -0.573. The first-order chi connectivity index (χ1) is 10.1. The molecule has 2 rings (SSSR count). The maximum absolute atomic E-state index is 12.0. The second-order valence-corrected chi connectivity index (χ2v) is 7.20. The third-order valence-electron chi connectivity index (χ3n) is 5.80. The van der Waals surface area contributed by atoms with Crippen LogP contribution in [0.3, 0.4) is 0 Å². The Hall–Kier alpha value is -0.570. The predicted molar refractivity (Wildman–Crippen MR) is 86.5 cm³/mol. The first-order valence-electron chi connectivity index (χ1n) is 9.14. The van der Waals surface area contributed by atoms with Crippen molar-refractivity contribution in [3.8, 4) is 0 Å². The molecule has 0 bridgehead atoms. The van der Waals surface area contributed by atoms with Gasteiger partial charge < -0.3 is 5.11 Å². The molecule has 1 N–H and O–H groups in total. The van der Waals surface area contributed by atoms with Crippen LogP contribution in [0, 0.1) is 5.92 Å². The van der Waals surface area contributed by atoms with Crippen LogP contribution >= 0.6 is 0 Å². The number of carboxylic acids is 1. The molecule has 0 radical (unpaired) electrons. The van der Waals surface area contributed by atoms with Crippen molar-refractivity contribution in [3.05, 3.63) is 0 Å². The first kappa shape index (κ1) is 16.8. The Morgan fingerprint density at radius 3 is 2.62 bits per heavy atom. The summed E-state index contributed by atoms with van der Waals surface area (Å²) in [6.45, 7) is 5.39. The van der Waals surface area contributed by atoms with Gasteiger partial charge in [0.25, 0.3) is 0 Å². The molecule has 122 valence electrons. The van der Waals surface area contributed by atoms with Crippen molar-refractivity contribution in [1.29, 1.82) is 0 Å². The minimum absolute atomic E-state index is 0.511. The monoisotopic (exact) mass is 295 g/mol. The van der Waals surface area contributed by atoms with Gasteiger partial charge in [-0.2, -0.15) is 0 Å². The van der Waals surface area contributed by atoms with Crippen molar-refractivity contribution >= 4 is 5.97 Å². The minimum Gasteiger partial charge on any atom is -0.480 e. The molecule has 3 atom stereocenters. The predicted octanol–water partition coefficient (Wildman–Crippen LogP) is 4.45. The Morgan fingerprint density at radius 2 is 1.95 bits per heavy atom. The van der Waals surface area contributed by atoms with Crippen LogP contribution in [0.15, 0.2) is 0 Å². The summed E-state index contributed by atoms with van der Waals surface area (Å²) in [5.74, 6) is 0.309. The van der Waals surface area contributed by atoms with Crippen LogP contribution in [0.5, 0.6) is 0 Å². The summed E-state index contributed by atoms with van der Waals surface area (Å²) in [5, 5.41) is 9.86. The third kappa shape index (κ3) is 3.61. The molecule has 2 fully saturated rings. The fourth-order valence-electron chi connectivity index (χ4n) is 4.82. The molecule has 1 aliphatic heterocycles. The van der Waals surface area contributed by atoms with E-state index in [4.69, 9.17) is 0 Å². The summed E-state index contributed by atoms with van der Waals surface area (Å²) in [4.78, 5) is 14.4. The van der Waals surface area contributed by atoms with Crippen LogP contribution in [-0.2, 0) is 4.79 Å². The summed E-state index contributed by atoms with van der Waals surface area (Å²) >= 11 is 0. The van der Waals surface area contributed by atoms with Gasteiger partial charge in [-0.05, 0) is 51.0 Å². The van der Waals surface area contributed by atoms with Gasteiger partial charge in [-0.25, -0.2) is 0 Å². The Balaban J connectivity index is 2.06. The van der Waals surface area contributed by atoms with Gasteiger partial charge in [-0.3, -0.25) is 9.69 Å². The zero-order valence-corrected chi connectivity index (χ0v) is 13.9. The Labute approximate surface area is 130 Å². The van der Waals surface area contributed by atoms with E-state index in [0.717, 1.165) is 38.1 Å². The van der Waals surface area contributed by atoms with Crippen LogP contribution in [0.1, 0.15) is 84.5 Å². The van der Waals surface area contributed by atoms with E-state index in [1.807, 2.05) is 0 Å². The molecule has 3 heteroatoms. The van der Waals surface area contributed by atoms with Crippen LogP contribution in [0.25, 0.3) is 0 Å². The Morgan fingerprint density at radius 1 is 1.14 bits per heavy atom. The number of nitrogens with zero attached hydrogens (tertiary/aromatic N) is 1. The van der Waals surface area contributed by atoms with Crippen molar-refractivity contribution in [1.82, 2.24) is 4.90 Å². The quantitative estimate of drug-likeness (QED) is 0.736. The van der Waals surface area contributed by atoms with Crippen LogP contribution in [0.4, 0.5) is 0 Å². The molecule has 21 heavy (non-hydrogen) atoms. The fraction of sp³-hybridized carbons (Fsp3) is 0.944. The van der Waals surface area contributed by atoms with E-state index >= 15 is 0 Å². The largest absolute Gasteiger partial charge is 0.480 e. The number of likely N-dealkylation sites (tertiary alicyclic amines) is 1. The molecule has 0 aromatic rings. The molecular weight excluding hydrogens is 262 g/mol. The lowest BCUT2D eigenvalue weighted by Gasteiger charge is -2.40. The maximum Gasteiger partial charge on any atom is 0.324 e. The second-order valence-electron chi connectivity index (χ2n) is 7.20. The molecule has 0 aromatic carbocycles. The summed E-state index contributed by atoms with van der Waals surface area (Å²) in [7, 11) is 0. The number of hydrogen-bond acceptors (Lipinski definition) is 2. The van der Waals surface area contributed by atoms with Crippen molar-refractivity contribution in [2.24, 2.45) is 5.92 Å². The van der Waals surface area contributed by atoms with Gasteiger partial charge in [0.1, 0.15) is 5.54 Å². The van der Waals surface area contributed by atoms with Crippen LogP contribution in [-0.4, -0.2) is 34.1 Å². The van der Waals surface area contributed by atoms with E-state index in [1.165, 1.54) is 44.9 Å². The molecule has 3 nitrogen and oxygen atoms in total. The van der Waals surface area contributed by atoms with Gasteiger partial charge in [-0.1, -0.05) is 46.0 Å². The number of aliphatic carboxylic acids is 1. The smallest absolute Gasteiger partial charge is 0.324 e. The lowest BCUT2D eigenvalue weighted by molar-refractivity contribution is -0.152. The highest BCUT2D eigenvalue weighted by atomic mass is 16.4. The van der Waals surface area contributed by atoms with Gasteiger partial charge in [-0.15, -0.1) is 0 Å². The van der Waals surface area contributed by atoms with E-state index in [1.54, 1.807) is 0 Å². The number of hydrogen-bond donors (Lipinski definition) is 1. The molecule has 1 saturated carbocycles. The van der Waals surface area contributed by atoms with Crippen molar-refractivity contribution in [3.63, 3.8) is 0 Å². The van der Waals surface area contributed by atoms with Crippen molar-refractivity contribution in [2.75, 3.05) is 6.54 Å². The summed E-state index contributed by atoms with van der Waals surface area (Å²) in [5.41, 5.74) is -0.552. The van der Waals surface area contributed by atoms with Crippen LogP contribution < -0.4 is 0 Å². The van der Waals surface area contributed by atoms with Gasteiger partial charge in [0.2, 0.25) is 0 Å². The fourth-order valence-corrected chi connectivity index (χ4v) is 4.82. The summed E-state index contributed by atoms with van der Waals surface area (Å²) < 4.78 is 0. The van der Waals surface area contributed by atoms with Gasteiger partial charge >= 0.3 is 5.97 Å². The summed E-state index contributed by atoms with van der Waals surface area (Å²) in [6.07, 6.45) is 12.7.